The van der Waals surface area contributed by atoms with E-state index in [1.165, 1.54) is 0 Å². The maximum absolute atomic E-state index is 5.63. The summed E-state index contributed by atoms with van der Waals surface area (Å²) in [7, 11) is 2.65. The van der Waals surface area contributed by atoms with Gasteiger partial charge in [-0.25, -0.2) is 0 Å². The van der Waals surface area contributed by atoms with E-state index in [0.29, 0.717) is 6.61 Å². The SMILES string of the molecule is C/C=C(/COc1ccc(P)cc1)N=C(C)C. The number of rotatable bonds is 4. The molecule has 0 saturated heterocycles. The van der Waals surface area contributed by atoms with Gasteiger partial charge in [0, 0.05) is 5.71 Å². The molecular weight excluding hydrogens is 217 g/mol. The minimum absolute atomic E-state index is 0.512. The minimum atomic E-state index is 0.512. The van der Waals surface area contributed by atoms with Gasteiger partial charge in [-0.05, 0) is 38.2 Å². The Labute approximate surface area is 99.6 Å². The number of allylic oxidation sites excluding steroid dienone is 1. The summed E-state index contributed by atoms with van der Waals surface area (Å²) in [5.41, 5.74) is 1.99. The van der Waals surface area contributed by atoms with Crippen LogP contribution in [0.4, 0.5) is 0 Å². The largest absolute Gasteiger partial charge is 0.487 e. The molecule has 0 aliphatic heterocycles. The summed E-state index contributed by atoms with van der Waals surface area (Å²) < 4.78 is 5.63. The van der Waals surface area contributed by atoms with Crippen LogP contribution in [0.25, 0.3) is 0 Å². The van der Waals surface area contributed by atoms with Gasteiger partial charge in [0.05, 0.1) is 5.70 Å². The van der Waals surface area contributed by atoms with Gasteiger partial charge < -0.3 is 4.74 Å². The molecule has 86 valence electrons. The Bertz CT molecular complexity index is 389. The van der Waals surface area contributed by atoms with Crippen LogP contribution in [-0.4, -0.2) is 12.3 Å². The molecule has 1 aromatic carbocycles. The predicted octanol–water partition coefficient (Wildman–Crippen LogP) is 2.95. The normalized spacial score (nSPS) is 11.1. The first-order valence-electron chi connectivity index (χ1n) is 5.27. The molecule has 0 spiro atoms. The van der Waals surface area contributed by atoms with Gasteiger partial charge in [0.1, 0.15) is 12.4 Å². The van der Waals surface area contributed by atoms with Crippen LogP contribution in [0.1, 0.15) is 20.8 Å². The molecule has 3 heteroatoms. The molecule has 0 aliphatic rings. The third-order valence-electron chi connectivity index (χ3n) is 1.97. The van der Waals surface area contributed by atoms with Gasteiger partial charge in [-0.15, -0.1) is 9.24 Å². The molecule has 0 bridgehead atoms. The molecule has 0 heterocycles. The molecule has 0 N–H and O–H groups in total. The molecule has 1 aromatic rings. The number of benzene rings is 1. The molecule has 1 rings (SSSR count). The highest BCUT2D eigenvalue weighted by Crippen LogP contribution is 2.10. The standard InChI is InChI=1S/C13H18NOP/c1-4-11(14-10(2)3)9-15-12-5-7-13(16)8-6-12/h4-8H,9,16H2,1-3H3/b11-4-. The fourth-order valence-electron chi connectivity index (χ4n) is 1.19. The van der Waals surface area contributed by atoms with Gasteiger partial charge >= 0.3 is 0 Å². The van der Waals surface area contributed by atoms with Crippen LogP contribution in [0.3, 0.4) is 0 Å². The smallest absolute Gasteiger partial charge is 0.130 e. The van der Waals surface area contributed by atoms with Crippen LogP contribution in [0, 0.1) is 0 Å². The molecule has 0 amide bonds. The Morgan fingerprint density at radius 2 is 1.94 bits per heavy atom. The summed E-state index contributed by atoms with van der Waals surface area (Å²) >= 11 is 0. The second kappa shape index (κ2) is 6.44. The van der Waals surface area contributed by atoms with E-state index in [0.717, 1.165) is 22.5 Å². The van der Waals surface area contributed by atoms with Crippen molar-refractivity contribution in [2.75, 3.05) is 6.61 Å². The summed E-state index contributed by atoms with van der Waals surface area (Å²) in [4.78, 5) is 4.38. The molecular formula is C13H18NOP. The molecule has 0 aliphatic carbocycles. The maximum atomic E-state index is 5.63. The minimum Gasteiger partial charge on any atom is -0.487 e. The summed E-state index contributed by atoms with van der Waals surface area (Å²) in [5, 5.41) is 1.15. The molecule has 0 fully saturated rings. The Kier molecular flexibility index (Phi) is 5.21. The maximum Gasteiger partial charge on any atom is 0.130 e. The average molecular weight is 235 g/mol. The monoisotopic (exact) mass is 235 g/mol. The molecule has 1 unspecified atom stereocenters. The molecule has 1 atom stereocenters. The third kappa shape index (κ3) is 4.59. The highest BCUT2D eigenvalue weighted by atomic mass is 31.0. The van der Waals surface area contributed by atoms with Crippen molar-refractivity contribution in [2.24, 2.45) is 4.99 Å². The Morgan fingerprint density at radius 1 is 1.31 bits per heavy atom. The van der Waals surface area contributed by atoms with Crippen LogP contribution in [0.2, 0.25) is 0 Å². The van der Waals surface area contributed by atoms with E-state index in [-0.39, 0.29) is 0 Å². The fraction of sp³-hybridized carbons (Fsp3) is 0.308. The van der Waals surface area contributed by atoms with Crippen molar-refractivity contribution in [3.8, 4) is 5.75 Å². The Morgan fingerprint density at radius 3 is 2.44 bits per heavy atom. The lowest BCUT2D eigenvalue weighted by atomic mass is 10.3. The lowest BCUT2D eigenvalue weighted by Gasteiger charge is -2.06. The zero-order chi connectivity index (χ0) is 12.0. The van der Waals surface area contributed by atoms with Gasteiger partial charge in [0.15, 0.2) is 0 Å². The summed E-state index contributed by atoms with van der Waals surface area (Å²) in [6, 6.07) is 7.92. The zero-order valence-electron chi connectivity index (χ0n) is 10.0. The highest BCUT2D eigenvalue weighted by Gasteiger charge is 1.96. The zero-order valence-corrected chi connectivity index (χ0v) is 11.2. The average Bonchev–Trinajstić information content (AvgIpc) is 2.26. The van der Waals surface area contributed by atoms with Crippen LogP contribution in [0.15, 0.2) is 41.0 Å². The number of aliphatic imine (C=N–C) groups is 1. The van der Waals surface area contributed by atoms with E-state index >= 15 is 0 Å². The van der Waals surface area contributed by atoms with Gasteiger partial charge in [0.25, 0.3) is 0 Å². The predicted molar refractivity (Wildman–Crippen MR) is 73.8 cm³/mol. The van der Waals surface area contributed by atoms with Crippen molar-refractivity contribution in [1.29, 1.82) is 0 Å². The summed E-state index contributed by atoms with van der Waals surface area (Å²) in [5.74, 6) is 0.870. The van der Waals surface area contributed by atoms with Crippen molar-refractivity contribution in [3.63, 3.8) is 0 Å². The number of hydrogen-bond donors (Lipinski definition) is 0. The van der Waals surface area contributed by atoms with Crippen LogP contribution < -0.4 is 10.0 Å². The van der Waals surface area contributed by atoms with E-state index in [1.807, 2.05) is 51.1 Å². The molecule has 2 nitrogen and oxygen atoms in total. The molecule has 16 heavy (non-hydrogen) atoms. The van der Waals surface area contributed by atoms with Crippen molar-refractivity contribution in [2.45, 2.75) is 20.8 Å². The van der Waals surface area contributed by atoms with Gasteiger partial charge in [-0.1, -0.05) is 18.2 Å². The second-order valence-corrected chi connectivity index (χ2v) is 4.36. The summed E-state index contributed by atoms with van der Waals surface area (Å²) in [6.07, 6.45) is 1.97. The van der Waals surface area contributed by atoms with Crippen molar-refractivity contribution in [3.05, 3.63) is 36.0 Å². The Hall–Kier alpha value is -1.14. The quantitative estimate of drug-likeness (QED) is 0.580. The van der Waals surface area contributed by atoms with E-state index in [9.17, 15) is 0 Å². The van der Waals surface area contributed by atoms with Crippen molar-refractivity contribution < 1.29 is 4.74 Å². The van der Waals surface area contributed by atoms with Crippen LogP contribution >= 0.6 is 9.24 Å². The van der Waals surface area contributed by atoms with E-state index in [1.54, 1.807) is 0 Å². The van der Waals surface area contributed by atoms with E-state index < -0.39 is 0 Å². The first-order chi connectivity index (χ1) is 7.61. The van der Waals surface area contributed by atoms with Gasteiger partial charge in [-0.2, -0.15) is 0 Å². The fourth-order valence-corrected chi connectivity index (χ4v) is 1.38. The number of nitrogens with zero attached hydrogens (tertiary/aromatic N) is 1. The van der Waals surface area contributed by atoms with Crippen molar-refractivity contribution in [1.82, 2.24) is 0 Å². The van der Waals surface area contributed by atoms with E-state index in [2.05, 4.69) is 14.2 Å². The topological polar surface area (TPSA) is 21.6 Å². The Balaban J connectivity index is 2.57. The summed E-state index contributed by atoms with van der Waals surface area (Å²) in [6.45, 7) is 6.44. The number of hydrogen-bond acceptors (Lipinski definition) is 2. The highest BCUT2D eigenvalue weighted by molar-refractivity contribution is 7.27. The van der Waals surface area contributed by atoms with Crippen LogP contribution in [-0.2, 0) is 0 Å². The second-order valence-electron chi connectivity index (χ2n) is 3.70. The van der Waals surface area contributed by atoms with Gasteiger partial charge in [0.2, 0.25) is 0 Å². The molecule has 0 saturated carbocycles. The van der Waals surface area contributed by atoms with Gasteiger partial charge in [-0.3, -0.25) is 4.99 Å². The van der Waals surface area contributed by atoms with Crippen LogP contribution in [0.5, 0.6) is 5.75 Å². The van der Waals surface area contributed by atoms with E-state index in [4.69, 9.17) is 4.74 Å². The lowest BCUT2D eigenvalue weighted by molar-refractivity contribution is 0.350. The third-order valence-corrected chi connectivity index (χ3v) is 2.35. The van der Waals surface area contributed by atoms with Crippen molar-refractivity contribution >= 4 is 20.3 Å². The molecule has 0 radical (unpaired) electrons. The lowest BCUT2D eigenvalue weighted by Crippen LogP contribution is -2.01. The molecule has 0 aromatic heterocycles. The number of ether oxygens (including phenoxy) is 1. The first-order valence-corrected chi connectivity index (χ1v) is 5.85. The first kappa shape index (κ1) is 12.9.